The minimum Gasteiger partial charge on any atom is -0.293 e. The lowest BCUT2D eigenvalue weighted by Gasteiger charge is -2.13. The van der Waals surface area contributed by atoms with Crippen LogP contribution >= 0.6 is 11.8 Å². The van der Waals surface area contributed by atoms with Gasteiger partial charge in [-0.1, -0.05) is 43.2 Å². The van der Waals surface area contributed by atoms with Crippen LogP contribution in [0.25, 0.3) is 0 Å². The van der Waals surface area contributed by atoms with Crippen molar-refractivity contribution in [2.75, 3.05) is 0 Å². The van der Waals surface area contributed by atoms with Crippen molar-refractivity contribution in [2.45, 2.75) is 37.7 Å². The average Bonchev–Trinajstić information content (AvgIpc) is 2.33. The highest BCUT2D eigenvalue weighted by Gasteiger charge is 2.16. The van der Waals surface area contributed by atoms with Crippen LogP contribution < -0.4 is 11.3 Å². The van der Waals surface area contributed by atoms with Crippen LogP contribution in [-0.4, -0.2) is 11.2 Å². The molecule has 1 aromatic rings. The summed E-state index contributed by atoms with van der Waals surface area (Å²) in [6.45, 7) is 4.15. The van der Waals surface area contributed by atoms with Crippen molar-refractivity contribution in [2.24, 2.45) is 5.84 Å². The molecule has 0 saturated heterocycles. The Kier molecular flexibility index (Phi) is 6.08. The van der Waals surface area contributed by atoms with Gasteiger partial charge in [0.25, 0.3) is 0 Å². The third kappa shape index (κ3) is 4.79. The number of thioether (sulfide) groups is 1. The molecule has 0 aromatic heterocycles. The van der Waals surface area contributed by atoms with E-state index in [4.69, 9.17) is 5.84 Å². The molecular weight excluding hydrogens is 232 g/mol. The highest BCUT2D eigenvalue weighted by atomic mass is 32.2. The Morgan fingerprint density at radius 2 is 2.29 bits per heavy atom. The molecule has 94 valence electrons. The number of hydrogen-bond donors (Lipinski definition) is 2. The standard InChI is InChI=1S/C13H20N2OS/c1-3-5-12(13(16)15-14)17-9-11-7-4-6-10(2)8-11/h4,6-8,12H,3,5,9,14H2,1-2H3,(H,15,16). The van der Waals surface area contributed by atoms with Crippen molar-refractivity contribution in [1.82, 2.24) is 5.43 Å². The van der Waals surface area contributed by atoms with Gasteiger partial charge in [0.2, 0.25) is 5.91 Å². The van der Waals surface area contributed by atoms with E-state index in [0.29, 0.717) is 0 Å². The number of carbonyl (C=O) groups is 1. The second kappa shape index (κ2) is 7.35. The molecule has 17 heavy (non-hydrogen) atoms. The molecule has 1 rings (SSSR count). The van der Waals surface area contributed by atoms with Crippen LogP contribution in [0.1, 0.15) is 30.9 Å². The zero-order chi connectivity index (χ0) is 12.7. The fraction of sp³-hybridized carbons (Fsp3) is 0.462. The summed E-state index contributed by atoms with van der Waals surface area (Å²) in [7, 11) is 0. The Hall–Kier alpha value is -1.00. The van der Waals surface area contributed by atoms with Gasteiger partial charge in [-0.3, -0.25) is 10.2 Å². The molecule has 0 radical (unpaired) electrons. The molecule has 0 bridgehead atoms. The number of hydrazine groups is 1. The van der Waals surface area contributed by atoms with Gasteiger partial charge < -0.3 is 0 Å². The van der Waals surface area contributed by atoms with Crippen LogP contribution in [0.2, 0.25) is 0 Å². The minimum absolute atomic E-state index is 0.0505. The van der Waals surface area contributed by atoms with Crippen molar-refractivity contribution in [1.29, 1.82) is 0 Å². The van der Waals surface area contributed by atoms with E-state index >= 15 is 0 Å². The van der Waals surface area contributed by atoms with E-state index in [1.165, 1.54) is 11.1 Å². The van der Waals surface area contributed by atoms with Crippen LogP contribution in [-0.2, 0) is 10.5 Å². The van der Waals surface area contributed by atoms with Crippen molar-refractivity contribution < 1.29 is 4.79 Å². The predicted octanol–water partition coefficient (Wildman–Crippen LogP) is 2.39. The summed E-state index contributed by atoms with van der Waals surface area (Å²) in [5.74, 6) is 5.95. The number of carbonyl (C=O) groups excluding carboxylic acids is 1. The van der Waals surface area contributed by atoms with E-state index in [-0.39, 0.29) is 11.2 Å². The first-order valence-electron chi connectivity index (χ1n) is 5.85. The molecule has 0 aliphatic rings. The third-order valence-corrected chi connectivity index (χ3v) is 3.87. The summed E-state index contributed by atoms with van der Waals surface area (Å²) in [5.41, 5.74) is 4.74. The van der Waals surface area contributed by atoms with Crippen molar-refractivity contribution >= 4 is 17.7 Å². The lowest BCUT2D eigenvalue weighted by Crippen LogP contribution is -2.37. The fourth-order valence-electron chi connectivity index (χ4n) is 1.64. The predicted molar refractivity (Wildman–Crippen MR) is 73.5 cm³/mol. The highest BCUT2D eigenvalue weighted by Crippen LogP contribution is 2.22. The Bertz CT molecular complexity index is 368. The van der Waals surface area contributed by atoms with E-state index in [9.17, 15) is 4.79 Å². The van der Waals surface area contributed by atoms with Gasteiger partial charge in [-0.25, -0.2) is 5.84 Å². The molecule has 3 N–H and O–H groups in total. The Labute approximate surface area is 107 Å². The Morgan fingerprint density at radius 3 is 2.88 bits per heavy atom. The second-order valence-electron chi connectivity index (χ2n) is 4.09. The fourth-order valence-corrected chi connectivity index (χ4v) is 2.84. The highest BCUT2D eigenvalue weighted by molar-refractivity contribution is 7.99. The first-order chi connectivity index (χ1) is 8.17. The van der Waals surface area contributed by atoms with Crippen molar-refractivity contribution in [3.63, 3.8) is 0 Å². The number of nitrogens with two attached hydrogens (primary N) is 1. The number of amides is 1. The van der Waals surface area contributed by atoms with Crippen LogP contribution in [0, 0.1) is 6.92 Å². The van der Waals surface area contributed by atoms with Gasteiger partial charge >= 0.3 is 0 Å². The zero-order valence-corrected chi connectivity index (χ0v) is 11.2. The monoisotopic (exact) mass is 252 g/mol. The average molecular weight is 252 g/mol. The summed E-state index contributed by atoms with van der Waals surface area (Å²) in [4.78, 5) is 11.5. The summed E-state index contributed by atoms with van der Waals surface area (Å²) < 4.78 is 0. The number of hydrogen-bond acceptors (Lipinski definition) is 3. The third-order valence-electron chi connectivity index (χ3n) is 2.52. The SMILES string of the molecule is CCCC(SCc1cccc(C)c1)C(=O)NN. The topological polar surface area (TPSA) is 55.1 Å². The van der Waals surface area contributed by atoms with E-state index in [1.807, 2.05) is 6.07 Å². The Morgan fingerprint density at radius 1 is 1.53 bits per heavy atom. The van der Waals surface area contributed by atoms with E-state index < -0.39 is 0 Å². The molecule has 1 unspecified atom stereocenters. The summed E-state index contributed by atoms with van der Waals surface area (Å²) in [6.07, 6.45) is 1.85. The molecule has 1 aromatic carbocycles. The van der Waals surface area contributed by atoms with Gasteiger partial charge in [0, 0.05) is 5.75 Å². The number of nitrogens with one attached hydrogen (secondary N) is 1. The molecule has 4 heteroatoms. The lowest BCUT2D eigenvalue weighted by atomic mass is 10.2. The quantitative estimate of drug-likeness (QED) is 0.464. The molecule has 0 fully saturated rings. The molecule has 0 saturated carbocycles. The summed E-state index contributed by atoms with van der Waals surface area (Å²) in [6, 6.07) is 8.35. The second-order valence-corrected chi connectivity index (χ2v) is 5.28. The molecule has 0 aliphatic carbocycles. The number of rotatable bonds is 6. The van der Waals surface area contributed by atoms with Crippen LogP contribution in [0.5, 0.6) is 0 Å². The number of benzene rings is 1. The Balaban J connectivity index is 2.54. The molecule has 3 nitrogen and oxygen atoms in total. The van der Waals surface area contributed by atoms with Gasteiger partial charge in [0.1, 0.15) is 0 Å². The summed E-state index contributed by atoms with van der Waals surface area (Å²) >= 11 is 1.65. The molecule has 1 atom stereocenters. The molecule has 0 heterocycles. The van der Waals surface area contributed by atoms with Crippen LogP contribution in [0.3, 0.4) is 0 Å². The van der Waals surface area contributed by atoms with Crippen LogP contribution in [0.4, 0.5) is 0 Å². The molecule has 0 aliphatic heterocycles. The maximum Gasteiger partial charge on any atom is 0.246 e. The van der Waals surface area contributed by atoms with E-state index in [1.54, 1.807) is 11.8 Å². The number of aryl methyl sites for hydroxylation is 1. The first kappa shape index (κ1) is 14.1. The van der Waals surface area contributed by atoms with Gasteiger partial charge in [0.15, 0.2) is 0 Å². The van der Waals surface area contributed by atoms with Crippen molar-refractivity contribution in [3.8, 4) is 0 Å². The maximum atomic E-state index is 11.5. The van der Waals surface area contributed by atoms with E-state index in [0.717, 1.165) is 18.6 Å². The van der Waals surface area contributed by atoms with E-state index in [2.05, 4.69) is 37.5 Å². The van der Waals surface area contributed by atoms with Crippen LogP contribution in [0.15, 0.2) is 24.3 Å². The molecule has 1 amide bonds. The smallest absolute Gasteiger partial charge is 0.246 e. The zero-order valence-electron chi connectivity index (χ0n) is 10.4. The maximum absolute atomic E-state index is 11.5. The first-order valence-corrected chi connectivity index (χ1v) is 6.89. The molecular formula is C13H20N2OS. The van der Waals surface area contributed by atoms with Crippen molar-refractivity contribution in [3.05, 3.63) is 35.4 Å². The van der Waals surface area contributed by atoms with Gasteiger partial charge in [0.05, 0.1) is 5.25 Å². The van der Waals surface area contributed by atoms with Gasteiger partial charge in [-0.15, -0.1) is 11.8 Å². The summed E-state index contributed by atoms with van der Waals surface area (Å²) in [5, 5.41) is -0.0505. The normalized spacial score (nSPS) is 12.2. The molecule has 0 spiro atoms. The van der Waals surface area contributed by atoms with Gasteiger partial charge in [-0.2, -0.15) is 0 Å². The lowest BCUT2D eigenvalue weighted by molar-refractivity contribution is -0.120. The van der Waals surface area contributed by atoms with Gasteiger partial charge in [-0.05, 0) is 18.9 Å². The largest absolute Gasteiger partial charge is 0.293 e. The minimum atomic E-state index is -0.0792.